The summed E-state index contributed by atoms with van der Waals surface area (Å²) < 4.78 is 42.5. The molecule has 20 heavy (non-hydrogen) atoms. The van der Waals surface area contributed by atoms with Crippen molar-refractivity contribution in [3.8, 4) is 0 Å². The number of rotatable bonds is 3. The first-order chi connectivity index (χ1) is 9.36. The molecule has 2 rings (SSSR count). The van der Waals surface area contributed by atoms with E-state index in [1.807, 2.05) is 0 Å². The van der Waals surface area contributed by atoms with Gasteiger partial charge in [-0.05, 0) is 52.3 Å². The minimum Gasteiger partial charge on any atom is -0.444 e. The zero-order valence-corrected chi connectivity index (χ0v) is 11.4. The maximum absolute atomic E-state index is 12.4. The van der Waals surface area contributed by atoms with Crippen LogP contribution in [0.5, 0.6) is 0 Å². The largest absolute Gasteiger partial charge is 0.444 e. The van der Waals surface area contributed by atoms with Crippen LogP contribution in [0, 0.1) is 0 Å². The molecule has 0 fully saturated rings. The average molecular weight is 349 g/mol. The zero-order valence-electron chi connectivity index (χ0n) is 9.79. The predicted molar refractivity (Wildman–Crippen MR) is 68.9 cm³/mol. The van der Waals surface area contributed by atoms with Gasteiger partial charge in [-0.2, -0.15) is 13.2 Å². The van der Waals surface area contributed by atoms with Crippen molar-refractivity contribution in [2.75, 3.05) is 5.43 Å². The van der Waals surface area contributed by atoms with Crippen molar-refractivity contribution < 1.29 is 22.4 Å². The van der Waals surface area contributed by atoms with Crippen molar-refractivity contribution in [1.82, 2.24) is 5.43 Å². The third kappa shape index (κ3) is 3.53. The van der Waals surface area contributed by atoms with E-state index in [-0.39, 0.29) is 5.76 Å². The van der Waals surface area contributed by atoms with Crippen LogP contribution < -0.4 is 10.9 Å². The molecule has 0 bridgehead atoms. The minimum atomic E-state index is -4.39. The highest BCUT2D eigenvalue weighted by Gasteiger charge is 2.29. The lowest BCUT2D eigenvalue weighted by Gasteiger charge is -2.09. The normalized spacial score (nSPS) is 11.2. The lowest BCUT2D eigenvalue weighted by Crippen LogP contribution is -2.28. The molecule has 2 aromatic rings. The zero-order chi connectivity index (χ0) is 14.8. The van der Waals surface area contributed by atoms with Crippen LogP contribution in [-0.2, 0) is 6.18 Å². The molecule has 1 aromatic heterocycles. The molecule has 0 aliphatic heterocycles. The van der Waals surface area contributed by atoms with Crippen molar-refractivity contribution in [1.29, 1.82) is 0 Å². The number of halogens is 4. The number of amides is 1. The van der Waals surface area contributed by atoms with Crippen molar-refractivity contribution in [3.05, 3.63) is 52.4 Å². The lowest BCUT2D eigenvalue weighted by atomic mass is 10.2. The predicted octanol–water partition coefficient (Wildman–Crippen LogP) is 3.82. The fraction of sp³-hybridized carbons (Fsp3) is 0.0833. The van der Waals surface area contributed by atoms with E-state index in [0.717, 1.165) is 12.1 Å². The van der Waals surface area contributed by atoms with Gasteiger partial charge in [-0.1, -0.05) is 0 Å². The van der Waals surface area contributed by atoms with Gasteiger partial charge < -0.3 is 4.42 Å². The second kappa shape index (κ2) is 5.58. The van der Waals surface area contributed by atoms with Crippen LogP contribution in [0.25, 0.3) is 0 Å². The monoisotopic (exact) mass is 348 g/mol. The number of benzene rings is 1. The fourth-order valence-electron chi connectivity index (χ4n) is 1.37. The topological polar surface area (TPSA) is 54.3 Å². The smallest absolute Gasteiger partial charge is 0.416 e. The summed E-state index contributed by atoms with van der Waals surface area (Å²) in [6.45, 7) is 0. The minimum absolute atomic E-state index is 0.0660. The van der Waals surface area contributed by atoms with E-state index in [2.05, 4.69) is 26.8 Å². The molecule has 0 saturated heterocycles. The van der Waals surface area contributed by atoms with Gasteiger partial charge in [0.25, 0.3) is 0 Å². The Morgan fingerprint density at radius 1 is 1.10 bits per heavy atom. The van der Waals surface area contributed by atoms with Crippen LogP contribution in [0.2, 0.25) is 0 Å². The Bertz CT molecular complexity index is 608. The summed E-state index contributed by atoms with van der Waals surface area (Å²) in [7, 11) is 0. The maximum Gasteiger partial charge on any atom is 0.416 e. The summed E-state index contributed by atoms with van der Waals surface area (Å²) in [5.41, 5.74) is 4.35. The summed E-state index contributed by atoms with van der Waals surface area (Å²) in [5.74, 6) is -0.480. The molecule has 1 heterocycles. The Hall–Kier alpha value is -1.96. The Labute approximate surface area is 120 Å². The summed E-state index contributed by atoms with van der Waals surface area (Å²) in [4.78, 5) is 11.6. The van der Waals surface area contributed by atoms with E-state index in [4.69, 9.17) is 4.42 Å². The number of alkyl halides is 3. The molecule has 1 aromatic carbocycles. The number of nitrogens with one attached hydrogen (secondary N) is 2. The van der Waals surface area contributed by atoms with Crippen LogP contribution in [-0.4, -0.2) is 5.91 Å². The number of hydrogen-bond acceptors (Lipinski definition) is 3. The molecule has 0 aliphatic rings. The van der Waals surface area contributed by atoms with Gasteiger partial charge in [0.15, 0.2) is 10.4 Å². The quantitative estimate of drug-likeness (QED) is 0.829. The molecule has 0 aliphatic carbocycles. The van der Waals surface area contributed by atoms with E-state index in [1.54, 1.807) is 6.07 Å². The third-order valence-electron chi connectivity index (χ3n) is 2.33. The van der Waals surface area contributed by atoms with Gasteiger partial charge in [-0.3, -0.25) is 15.6 Å². The molecule has 2 N–H and O–H groups in total. The van der Waals surface area contributed by atoms with Crippen LogP contribution in [0.15, 0.2) is 45.5 Å². The summed E-state index contributed by atoms with van der Waals surface area (Å²) in [5, 5.41) is 0. The Morgan fingerprint density at radius 3 is 2.25 bits per heavy atom. The summed E-state index contributed by atoms with van der Waals surface area (Å²) in [6.07, 6.45) is -4.39. The van der Waals surface area contributed by atoms with Crippen LogP contribution in [0.3, 0.4) is 0 Å². The van der Waals surface area contributed by atoms with Crippen LogP contribution in [0.1, 0.15) is 16.1 Å². The van der Waals surface area contributed by atoms with Gasteiger partial charge in [0.2, 0.25) is 0 Å². The second-order valence-corrected chi connectivity index (χ2v) is 4.54. The van der Waals surface area contributed by atoms with Crippen LogP contribution in [0.4, 0.5) is 18.9 Å². The van der Waals surface area contributed by atoms with Gasteiger partial charge in [-0.15, -0.1) is 0 Å². The molecule has 1 amide bonds. The highest BCUT2D eigenvalue weighted by atomic mass is 79.9. The first-order valence-electron chi connectivity index (χ1n) is 5.35. The molecule has 4 nitrogen and oxygen atoms in total. The highest BCUT2D eigenvalue weighted by molar-refractivity contribution is 9.10. The summed E-state index contributed by atoms with van der Waals surface area (Å²) >= 11 is 3.05. The number of carbonyl (C=O) groups excluding carboxylic acids is 1. The average Bonchev–Trinajstić information content (AvgIpc) is 2.82. The van der Waals surface area contributed by atoms with Gasteiger partial charge in [-0.25, -0.2) is 0 Å². The SMILES string of the molecule is O=C(NNc1ccc(C(F)(F)F)cc1)c1ccc(Br)o1. The van der Waals surface area contributed by atoms with E-state index in [9.17, 15) is 18.0 Å². The number of anilines is 1. The number of hydrazine groups is 1. The Balaban J connectivity index is 1.96. The molecule has 0 unspecified atom stereocenters. The number of hydrogen-bond donors (Lipinski definition) is 2. The molecular weight excluding hydrogens is 341 g/mol. The van der Waals surface area contributed by atoms with E-state index < -0.39 is 17.6 Å². The Morgan fingerprint density at radius 2 is 1.75 bits per heavy atom. The van der Waals surface area contributed by atoms with E-state index in [0.29, 0.717) is 10.4 Å². The third-order valence-corrected chi connectivity index (χ3v) is 2.76. The van der Waals surface area contributed by atoms with Crippen LogP contribution >= 0.6 is 15.9 Å². The van der Waals surface area contributed by atoms with Crippen molar-refractivity contribution >= 4 is 27.5 Å². The maximum atomic E-state index is 12.4. The van der Waals surface area contributed by atoms with E-state index in [1.165, 1.54) is 18.2 Å². The van der Waals surface area contributed by atoms with Gasteiger partial charge in [0, 0.05) is 0 Å². The molecular formula is C12H8BrF3N2O2. The molecule has 106 valence electrons. The summed E-state index contributed by atoms with van der Waals surface area (Å²) in [6, 6.07) is 7.25. The molecule has 0 atom stereocenters. The Kier molecular flexibility index (Phi) is 4.03. The lowest BCUT2D eigenvalue weighted by molar-refractivity contribution is -0.137. The molecule has 0 radical (unpaired) electrons. The first kappa shape index (κ1) is 14.4. The van der Waals surface area contributed by atoms with Crippen molar-refractivity contribution in [3.63, 3.8) is 0 Å². The van der Waals surface area contributed by atoms with E-state index >= 15 is 0 Å². The van der Waals surface area contributed by atoms with Crippen molar-refractivity contribution in [2.24, 2.45) is 0 Å². The number of carbonyl (C=O) groups is 1. The standard InChI is InChI=1S/C12H8BrF3N2O2/c13-10-6-5-9(20-10)11(19)18-17-8-3-1-7(2-4-8)12(14,15)16/h1-6,17H,(H,18,19). The number of furan rings is 1. The fourth-order valence-corrected chi connectivity index (χ4v) is 1.68. The molecule has 0 spiro atoms. The van der Waals surface area contributed by atoms with Crippen molar-refractivity contribution in [2.45, 2.75) is 6.18 Å². The van der Waals surface area contributed by atoms with Gasteiger partial charge in [0.05, 0.1) is 11.3 Å². The molecule has 8 heteroatoms. The van der Waals surface area contributed by atoms with Gasteiger partial charge in [0.1, 0.15) is 0 Å². The second-order valence-electron chi connectivity index (χ2n) is 3.76. The van der Waals surface area contributed by atoms with Gasteiger partial charge >= 0.3 is 12.1 Å². The highest BCUT2D eigenvalue weighted by Crippen LogP contribution is 2.29. The first-order valence-corrected chi connectivity index (χ1v) is 6.14. The molecule has 0 saturated carbocycles.